The summed E-state index contributed by atoms with van der Waals surface area (Å²) in [6.07, 6.45) is 0. The molecule has 1 aromatic heterocycles. The summed E-state index contributed by atoms with van der Waals surface area (Å²) in [4.78, 5) is 27.2. The molecule has 3 aromatic rings. The van der Waals surface area contributed by atoms with Gasteiger partial charge in [-0.2, -0.15) is 0 Å². The number of carbonyl (C=O) groups is 2. The lowest BCUT2D eigenvalue weighted by atomic mass is 9.95. The Morgan fingerprint density at radius 1 is 1.13 bits per heavy atom. The van der Waals surface area contributed by atoms with Crippen molar-refractivity contribution in [3.63, 3.8) is 0 Å². The average Bonchev–Trinajstić information content (AvgIpc) is 3.30. The molecule has 1 aliphatic heterocycles. The number of aliphatic hydroxyl groups is 1. The predicted molar refractivity (Wildman–Crippen MR) is 115 cm³/mol. The molecule has 9 heteroatoms. The number of benzene rings is 2. The maximum absolute atomic E-state index is 13.0. The molecule has 1 aliphatic rings. The molecule has 2 heterocycles. The van der Waals surface area contributed by atoms with E-state index in [2.05, 4.69) is 5.16 Å². The summed E-state index contributed by atoms with van der Waals surface area (Å²) in [5.74, 6) is -0.989. The highest BCUT2D eigenvalue weighted by Gasteiger charge is 2.48. The van der Waals surface area contributed by atoms with E-state index in [0.717, 1.165) is 0 Å². The van der Waals surface area contributed by atoms with Gasteiger partial charge in [-0.1, -0.05) is 46.6 Å². The van der Waals surface area contributed by atoms with E-state index < -0.39 is 17.7 Å². The number of methoxy groups -OCH3 is 1. The normalized spacial score (nSPS) is 17.9. The average molecular weight is 459 g/mol. The van der Waals surface area contributed by atoms with E-state index in [4.69, 9.17) is 32.5 Å². The molecule has 0 aliphatic carbocycles. The van der Waals surface area contributed by atoms with Crippen LogP contribution in [0.3, 0.4) is 0 Å². The predicted octanol–water partition coefficient (Wildman–Crippen LogP) is 4.92. The first-order valence-electron chi connectivity index (χ1n) is 9.15. The van der Waals surface area contributed by atoms with E-state index in [0.29, 0.717) is 27.7 Å². The molecule has 7 nitrogen and oxygen atoms in total. The zero-order valence-corrected chi connectivity index (χ0v) is 17.9. The second-order valence-electron chi connectivity index (χ2n) is 6.87. The van der Waals surface area contributed by atoms with E-state index in [1.165, 1.54) is 18.1 Å². The Morgan fingerprint density at radius 2 is 1.90 bits per heavy atom. The summed E-state index contributed by atoms with van der Waals surface area (Å²) in [5, 5.41) is 15.5. The fraction of sp³-hybridized carbons (Fsp3) is 0.136. The van der Waals surface area contributed by atoms with E-state index in [-0.39, 0.29) is 22.2 Å². The van der Waals surface area contributed by atoms with Gasteiger partial charge in [0.2, 0.25) is 0 Å². The highest BCUT2D eigenvalue weighted by molar-refractivity contribution is 6.51. The number of ketones is 1. The van der Waals surface area contributed by atoms with Crippen molar-refractivity contribution in [1.82, 2.24) is 5.16 Å². The topological polar surface area (TPSA) is 92.9 Å². The molecule has 158 valence electrons. The Morgan fingerprint density at radius 3 is 2.55 bits per heavy atom. The number of aromatic nitrogens is 1. The molecule has 1 N–H and O–H groups in total. The van der Waals surface area contributed by atoms with Gasteiger partial charge in [0.15, 0.2) is 5.82 Å². The summed E-state index contributed by atoms with van der Waals surface area (Å²) in [6.45, 7) is 1.66. The largest absolute Gasteiger partial charge is 0.507 e. The molecule has 0 saturated carbocycles. The third kappa shape index (κ3) is 3.66. The number of hydrogen-bond donors (Lipinski definition) is 1. The van der Waals surface area contributed by atoms with Gasteiger partial charge in [-0.05, 0) is 36.8 Å². The molecule has 1 fully saturated rings. The van der Waals surface area contributed by atoms with Crippen LogP contribution in [-0.2, 0) is 9.59 Å². The first-order valence-corrected chi connectivity index (χ1v) is 9.91. The molecule has 0 unspecified atom stereocenters. The maximum atomic E-state index is 13.0. The van der Waals surface area contributed by atoms with Crippen molar-refractivity contribution in [2.24, 2.45) is 0 Å². The van der Waals surface area contributed by atoms with Gasteiger partial charge >= 0.3 is 5.91 Å². The number of ether oxygens (including phenoxy) is 1. The van der Waals surface area contributed by atoms with Crippen LogP contribution in [0.25, 0.3) is 5.76 Å². The zero-order chi connectivity index (χ0) is 22.3. The standard InChI is InChI=1S/C22H16Cl2N2O5/c1-11-8-17(25-31-11)26-19(12-6-7-15(23)16(24)10-12)18(21(28)22(26)29)20(27)13-4-3-5-14(9-13)30-2/h3-10,19,27H,1-2H3/b20-18+/t19-/m1/s1. The Hall–Kier alpha value is -3.29. The summed E-state index contributed by atoms with van der Waals surface area (Å²) < 4.78 is 10.3. The van der Waals surface area contributed by atoms with Crippen molar-refractivity contribution in [3.8, 4) is 5.75 Å². The molecule has 1 amide bonds. The molecule has 1 atom stereocenters. The summed E-state index contributed by atoms with van der Waals surface area (Å²) in [5.41, 5.74) is 0.676. The maximum Gasteiger partial charge on any atom is 0.301 e. The van der Waals surface area contributed by atoms with Gasteiger partial charge in [0.25, 0.3) is 5.78 Å². The lowest BCUT2D eigenvalue weighted by Crippen LogP contribution is -2.29. The van der Waals surface area contributed by atoms with Gasteiger partial charge in [0.05, 0.1) is 28.8 Å². The molecular weight excluding hydrogens is 443 g/mol. The van der Waals surface area contributed by atoms with Gasteiger partial charge in [-0.3, -0.25) is 14.5 Å². The Kier molecular flexibility index (Phi) is 5.47. The van der Waals surface area contributed by atoms with Gasteiger partial charge < -0.3 is 14.4 Å². The zero-order valence-electron chi connectivity index (χ0n) is 16.4. The van der Waals surface area contributed by atoms with Crippen molar-refractivity contribution < 1.29 is 24.0 Å². The minimum atomic E-state index is -0.995. The lowest BCUT2D eigenvalue weighted by Gasteiger charge is -2.23. The van der Waals surface area contributed by atoms with Crippen molar-refractivity contribution in [2.75, 3.05) is 12.0 Å². The lowest BCUT2D eigenvalue weighted by molar-refractivity contribution is -0.132. The summed E-state index contributed by atoms with van der Waals surface area (Å²) >= 11 is 12.2. The van der Waals surface area contributed by atoms with Crippen LogP contribution in [0.4, 0.5) is 5.82 Å². The minimum Gasteiger partial charge on any atom is -0.507 e. The Bertz CT molecular complexity index is 1230. The first kappa shape index (κ1) is 21.0. The number of amides is 1. The highest BCUT2D eigenvalue weighted by atomic mass is 35.5. The number of nitrogens with zero attached hydrogens (tertiary/aromatic N) is 2. The van der Waals surface area contributed by atoms with Crippen LogP contribution in [0.1, 0.15) is 22.9 Å². The molecule has 0 spiro atoms. The van der Waals surface area contributed by atoms with Crippen molar-refractivity contribution >= 4 is 46.5 Å². The highest BCUT2D eigenvalue weighted by Crippen LogP contribution is 2.43. The molecular formula is C22H16Cl2N2O5. The van der Waals surface area contributed by atoms with Gasteiger partial charge in [0.1, 0.15) is 17.3 Å². The smallest absolute Gasteiger partial charge is 0.301 e. The van der Waals surface area contributed by atoms with E-state index in [1.54, 1.807) is 49.4 Å². The van der Waals surface area contributed by atoms with Crippen LogP contribution < -0.4 is 9.64 Å². The third-order valence-corrected chi connectivity index (χ3v) is 5.65. The number of carbonyl (C=O) groups excluding carboxylic acids is 2. The molecule has 31 heavy (non-hydrogen) atoms. The van der Waals surface area contributed by atoms with Gasteiger partial charge in [-0.15, -0.1) is 0 Å². The molecule has 1 saturated heterocycles. The van der Waals surface area contributed by atoms with E-state index in [1.807, 2.05) is 0 Å². The number of aryl methyl sites for hydroxylation is 1. The number of halogens is 2. The fourth-order valence-corrected chi connectivity index (χ4v) is 3.77. The van der Waals surface area contributed by atoms with Crippen molar-refractivity contribution in [3.05, 3.63) is 81.0 Å². The third-order valence-electron chi connectivity index (χ3n) is 4.91. The summed E-state index contributed by atoms with van der Waals surface area (Å²) in [7, 11) is 1.49. The number of aliphatic hydroxyl groups excluding tert-OH is 1. The SMILES string of the molecule is COc1cccc(/C(O)=C2\C(=O)C(=O)N(c3cc(C)on3)[C@@H]2c2ccc(Cl)c(Cl)c2)c1. The monoisotopic (exact) mass is 458 g/mol. The van der Waals surface area contributed by atoms with E-state index >= 15 is 0 Å². The molecule has 2 aromatic carbocycles. The quantitative estimate of drug-likeness (QED) is 0.338. The Balaban J connectivity index is 1.96. The van der Waals surface area contributed by atoms with Gasteiger partial charge in [0, 0.05) is 11.6 Å². The van der Waals surface area contributed by atoms with Gasteiger partial charge in [-0.25, -0.2) is 0 Å². The van der Waals surface area contributed by atoms with Crippen LogP contribution in [0, 0.1) is 6.92 Å². The van der Waals surface area contributed by atoms with Crippen LogP contribution >= 0.6 is 23.2 Å². The van der Waals surface area contributed by atoms with Crippen LogP contribution in [0.5, 0.6) is 5.75 Å². The Labute approximate surface area is 187 Å². The van der Waals surface area contributed by atoms with Crippen LogP contribution in [0.2, 0.25) is 10.0 Å². The van der Waals surface area contributed by atoms with Crippen molar-refractivity contribution in [2.45, 2.75) is 13.0 Å². The number of hydrogen-bond acceptors (Lipinski definition) is 6. The number of rotatable bonds is 4. The number of Topliss-reactive ketones (excluding diaryl/α,β-unsaturated/α-hetero) is 1. The fourth-order valence-electron chi connectivity index (χ4n) is 3.46. The second-order valence-corrected chi connectivity index (χ2v) is 7.68. The van der Waals surface area contributed by atoms with E-state index in [9.17, 15) is 14.7 Å². The van der Waals surface area contributed by atoms with Crippen LogP contribution in [0.15, 0.2) is 58.6 Å². The molecule has 4 rings (SSSR count). The first-order chi connectivity index (χ1) is 14.8. The second kappa shape index (κ2) is 8.09. The van der Waals surface area contributed by atoms with Crippen molar-refractivity contribution in [1.29, 1.82) is 0 Å². The van der Waals surface area contributed by atoms with Crippen LogP contribution in [-0.4, -0.2) is 29.1 Å². The molecule has 0 radical (unpaired) electrons. The minimum absolute atomic E-state index is 0.114. The summed E-state index contributed by atoms with van der Waals surface area (Å²) in [6, 6.07) is 11.8. The number of anilines is 1. The molecule has 0 bridgehead atoms.